The van der Waals surface area contributed by atoms with Crippen LogP contribution in [0.1, 0.15) is 48.9 Å². The summed E-state index contributed by atoms with van der Waals surface area (Å²) in [5, 5.41) is 0. The van der Waals surface area contributed by atoms with E-state index in [-0.39, 0.29) is 13.2 Å². The molecule has 184 valence electrons. The minimum absolute atomic E-state index is 0.182. The zero-order valence-electron chi connectivity index (χ0n) is 21.2. The Morgan fingerprint density at radius 1 is 0.472 bits per heavy atom. The maximum atomic E-state index is 12.1. The zero-order chi connectivity index (χ0) is 25.2. The first-order valence-corrected chi connectivity index (χ1v) is 12.8. The number of ether oxygens (including phenoxy) is 2. The normalized spacial score (nSPS) is 10.7. The molecule has 0 unspecified atom stereocenters. The zero-order valence-corrected chi connectivity index (χ0v) is 21.2. The maximum Gasteiger partial charge on any atom is 0.508 e. The van der Waals surface area contributed by atoms with Crippen LogP contribution in [0.15, 0.2) is 97.1 Å². The number of hydrogen-bond donors (Lipinski definition) is 0. The molecule has 36 heavy (non-hydrogen) atoms. The summed E-state index contributed by atoms with van der Waals surface area (Å²) >= 11 is 0. The maximum absolute atomic E-state index is 12.1. The third-order valence-corrected chi connectivity index (χ3v) is 6.27. The van der Waals surface area contributed by atoms with E-state index in [2.05, 4.69) is 86.6 Å². The Bertz CT molecular complexity index is 1120. The Kier molecular flexibility index (Phi) is 8.93. The van der Waals surface area contributed by atoms with Crippen LogP contribution in [0.4, 0.5) is 4.79 Å². The van der Waals surface area contributed by atoms with Gasteiger partial charge in [-0.25, -0.2) is 4.79 Å². The average molecular weight is 479 g/mol. The summed E-state index contributed by atoms with van der Waals surface area (Å²) in [6, 6.07) is 33.5. The third-order valence-electron chi connectivity index (χ3n) is 6.27. The van der Waals surface area contributed by atoms with Crippen molar-refractivity contribution in [2.75, 3.05) is 0 Å². The fraction of sp³-hybridized carbons (Fsp3) is 0.242. The number of carbonyl (C=O) groups excluding carboxylic acids is 1. The van der Waals surface area contributed by atoms with Crippen molar-refractivity contribution in [3.63, 3.8) is 0 Å². The predicted octanol–water partition coefficient (Wildman–Crippen LogP) is 8.78. The van der Waals surface area contributed by atoms with Crippen LogP contribution in [0.25, 0.3) is 22.3 Å². The monoisotopic (exact) mass is 478 g/mol. The summed E-state index contributed by atoms with van der Waals surface area (Å²) in [7, 11) is 0. The second kappa shape index (κ2) is 12.7. The SMILES string of the molecule is CCCc1ccc(-c2ccc(COC(=O)OCc3ccc(-c4ccc(CCC)cc4)cc3)cc2)cc1. The Labute approximate surface area is 214 Å². The molecule has 4 rings (SSSR count). The van der Waals surface area contributed by atoms with Crippen LogP contribution in [0.2, 0.25) is 0 Å². The highest BCUT2D eigenvalue weighted by Gasteiger charge is 2.07. The van der Waals surface area contributed by atoms with Gasteiger partial charge in [-0.2, -0.15) is 0 Å². The Hall–Kier alpha value is -3.85. The molecule has 0 aromatic heterocycles. The molecule has 3 nitrogen and oxygen atoms in total. The van der Waals surface area contributed by atoms with Gasteiger partial charge >= 0.3 is 6.16 Å². The molecule has 0 saturated carbocycles. The van der Waals surface area contributed by atoms with E-state index in [1.165, 1.54) is 22.3 Å². The van der Waals surface area contributed by atoms with Crippen molar-refractivity contribution < 1.29 is 14.3 Å². The predicted molar refractivity (Wildman–Crippen MR) is 147 cm³/mol. The van der Waals surface area contributed by atoms with Gasteiger partial charge in [0, 0.05) is 0 Å². The van der Waals surface area contributed by atoms with Crippen LogP contribution in [0, 0.1) is 0 Å². The van der Waals surface area contributed by atoms with E-state index in [1.807, 2.05) is 24.3 Å². The van der Waals surface area contributed by atoms with Crippen molar-refractivity contribution in [3.8, 4) is 22.3 Å². The van der Waals surface area contributed by atoms with Crippen molar-refractivity contribution in [2.45, 2.75) is 52.7 Å². The van der Waals surface area contributed by atoms with E-state index in [9.17, 15) is 4.79 Å². The van der Waals surface area contributed by atoms with Gasteiger partial charge in [0.25, 0.3) is 0 Å². The van der Waals surface area contributed by atoms with Gasteiger partial charge in [0.2, 0.25) is 0 Å². The standard InChI is InChI=1S/C33H34O3/c1-3-5-25-7-15-29(16-8-25)31-19-11-27(12-20-31)23-35-33(34)36-24-28-13-21-32(22-14-28)30-17-9-26(6-4-2)10-18-30/h7-22H,3-6,23-24H2,1-2H3. The van der Waals surface area contributed by atoms with Gasteiger partial charge in [0.15, 0.2) is 0 Å². The molecule has 0 N–H and O–H groups in total. The number of aryl methyl sites for hydroxylation is 2. The molecular formula is C33H34O3. The largest absolute Gasteiger partial charge is 0.508 e. The summed E-state index contributed by atoms with van der Waals surface area (Å²) < 4.78 is 10.6. The van der Waals surface area contributed by atoms with E-state index in [0.717, 1.165) is 47.9 Å². The minimum Gasteiger partial charge on any atom is -0.429 e. The molecule has 0 fully saturated rings. The number of hydrogen-bond acceptors (Lipinski definition) is 3. The molecular weight excluding hydrogens is 444 g/mol. The lowest BCUT2D eigenvalue weighted by atomic mass is 10.0. The van der Waals surface area contributed by atoms with Crippen molar-refractivity contribution in [1.82, 2.24) is 0 Å². The van der Waals surface area contributed by atoms with Gasteiger partial charge in [-0.15, -0.1) is 0 Å². The van der Waals surface area contributed by atoms with Crippen LogP contribution >= 0.6 is 0 Å². The highest BCUT2D eigenvalue weighted by Crippen LogP contribution is 2.22. The molecule has 3 heteroatoms. The molecule has 0 amide bonds. The second-order valence-corrected chi connectivity index (χ2v) is 9.12. The van der Waals surface area contributed by atoms with Gasteiger partial charge < -0.3 is 9.47 Å². The Morgan fingerprint density at radius 3 is 1.03 bits per heavy atom. The first-order valence-electron chi connectivity index (χ1n) is 12.8. The lowest BCUT2D eigenvalue weighted by Crippen LogP contribution is -2.07. The first kappa shape index (κ1) is 25.2. The number of rotatable bonds is 10. The van der Waals surface area contributed by atoms with Crippen LogP contribution < -0.4 is 0 Å². The summed E-state index contributed by atoms with van der Waals surface area (Å²) in [4.78, 5) is 12.1. The van der Waals surface area contributed by atoms with Crippen LogP contribution in [-0.2, 0) is 35.5 Å². The first-order chi connectivity index (χ1) is 17.6. The molecule has 4 aromatic carbocycles. The third kappa shape index (κ3) is 7.08. The van der Waals surface area contributed by atoms with E-state index in [1.54, 1.807) is 0 Å². The van der Waals surface area contributed by atoms with Crippen molar-refractivity contribution in [1.29, 1.82) is 0 Å². The van der Waals surface area contributed by atoms with E-state index < -0.39 is 6.16 Å². The van der Waals surface area contributed by atoms with Gasteiger partial charge in [0.1, 0.15) is 13.2 Å². The molecule has 0 aliphatic rings. The molecule has 0 aliphatic heterocycles. The van der Waals surface area contributed by atoms with Crippen LogP contribution in [0.5, 0.6) is 0 Å². The topological polar surface area (TPSA) is 35.5 Å². The minimum atomic E-state index is -0.666. The summed E-state index contributed by atoms with van der Waals surface area (Å²) in [6.45, 7) is 4.74. The highest BCUT2D eigenvalue weighted by atomic mass is 16.7. The molecule has 0 aliphatic carbocycles. The Balaban J connectivity index is 1.23. The van der Waals surface area contributed by atoms with Crippen molar-refractivity contribution in [2.24, 2.45) is 0 Å². The summed E-state index contributed by atoms with van der Waals surface area (Å²) in [5.74, 6) is 0. The fourth-order valence-electron chi connectivity index (χ4n) is 4.22. The van der Waals surface area contributed by atoms with Crippen molar-refractivity contribution in [3.05, 3.63) is 119 Å². The summed E-state index contributed by atoms with van der Waals surface area (Å²) in [5.41, 5.74) is 9.22. The smallest absolute Gasteiger partial charge is 0.429 e. The lowest BCUT2D eigenvalue weighted by Gasteiger charge is -2.09. The molecule has 0 spiro atoms. The van der Waals surface area contributed by atoms with Gasteiger partial charge in [0.05, 0.1) is 0 Å². The molecule has 4 aromatic rings. The summed E-state index contributed by atoms with van der Waals surface area (Å²) in [6.07, 6.45) is 3.84. The number of carbonyl (C=O) groups is 1. The second-order valence-electron chi connectivity index (χ2n) is 9.12. The van der Waals surface area contributed by atoms with E-state index >= 15 is 0 Å². The van der Waals surface area contributed by atoms with Crippen molar-refractivity contribution >= 4 is 6.16 Å². The quantitative estimate of drug-likeness (QED) is 0.214. The Morgan fingerprint density at radius 2 is 0.750 bits per heavy atom. The molecule has 0 bridgehead atoms. The fourth-order valence-corrected chi connectivity index (χ4v) is 4.22. The number of benzene rings is 4. The lowest BCUT2D eigenvalue weighted by molar-refractivity contribution is 0.0446. The van der Waals surface area contributed by atoms with E-state index in [0.29, 0.717) is 0 Å². The highest BCUT2D eigenvalue weighted by molar-refractivity contribution is 5.65. The van der Waals surface area contributed by atoms with Gasteiger partial charge in [-0.1, -0.05) is 124 Å². The van der Waals surface area contributed by atoms with Gasteiger partial charge in [-0.3, -0.25) is 0 Å². The molecule has 0 saturated heterocycles. The average Bonchev–Trinajstić information content (AvgIpc) is 2.93. The molecule has 0 atom stereocenters. The van der Waals surface area contributed by atoms with Crippen LogP contribution in [-0.4, -0.2) is 6.16 Å². The van der Waals surface area contributed by atoms with Crippen LogP contribution in [0.3, 0.4) is 0 Å². The van der Waals surface area contributed by atoms with Gasteiger partial charge in [-0.05, 0) is 57.3 Å². The molecule has 0 heterocycles. The molecule has 0 radical (unpaired) electrons. The van der Waals surface area contributed by atoms with E-state index in [4.69, 9.17) is 9.47 Å².